The Morgan fingerprint density at radius 1 is 0.976 bits per heavy atom. The van der Waals surface area contributed by atoms with E-state index in [-0.39, 0.29) is 34.4 Å². The quantitative estimate of drug-likeness (QED) is 0.565. The number of nitrogens with zero attached hydrogens (tertiary/aromatic N) is 3. The van der Waals surface area contributed by atoms with E-state index in [4.69, 9.17) is 4.74 Å². The molecule has 0 saturated carbocycles. The number of rotatable bonds is 5. The lowest BCUT2D eigenvalue weighted by Crippen LogP contribution is -2.57. The molecule has 1 N–H and O–H groups in total. The van der Waals surface area contributed by atoms with Crippen molar-refractivity contribution in [3.63, 3.8) is 0 Å². The predicted molar refractivity (Wildman–Crippen MR) is 156 cm³/mol. The van der Waals surface area contributed by atoms with E-state index in [1.54, 1.807) is 28.6 Å². The molecule has 4 aliphatic rings. The molecule has 0 aliphatic carbocycles. The number of nitrogens with one attached hydrogen (secondary N) is 1. The van der Waals surface area contributed by atoms with Crippen molar-refractivity contribution in [3.8, 4) is 0 Å². The van der Waals surface area contributed by atoms with Crippen molar-refractivity contribution in [1.29, 1.82) is 0 Å². The zero-order valence-corrected chi connectivity index (χ0v) is 24.7. The Balaban J connectivity index is 1.19. The lowest BCUT2D eigenvalue weighted by Gasteiger charge is -2.51. The van der Waals surface area contributed by atoms with Gasteiger partial charge in [0.2, 0.25) is 15.9 Å². The summed E-state index contributed by atoms with van der Waals surface area (Å²) in [5.74, 6) is -0.196. The van der Waals surface area contributed by atoms with E-state index >= 15 is 0 Å². The number of benzene rings is 2. The standard InChI is InChI=1S/C31H40N4O5S/c1-3-40-30(37)35-25-10-11-26(35)19-27(18-25)33-16-14-31(15-17-33)21-34(20-23-6-4-5-7-29(23)31)41(38,39)28-12-8-24(9-13-28)32-22(2)36/h4-9,12-13,25-27H,3,10-11,14-21H2,1-2H3,(H,32,36). The van der Waals surface area contributed by atoms with Crippen LogP contribution >= 0.6 is 0 Å². The fourth-order valence-corrected chi connectivity index (χ4v) is 9.27. The van der Waals surface area contributed by atoms with E-state index in [1.807, 2.05) is 17.9 Å². The van der Waals surface area contributed by atoms with Gasteiger partial charge in [0, 0.05) is 49.2 Å². The van der Waals surface area contributed by atoms with E-state index < -0.39 is 10.0 Å². The zero-order chi connectivity index (χ0) is 28.8. The molecule has 4 aliphatic heterocycles. The molecule has 6 rings (SSSR count). The largest absolute Gasteiger partial charge is 0.450 e. The fraction of sp³-hybridized carbons (Fsp3) is 0.548. The first kappa shape index (κ1) is 28.2. The Morgan fingerprint density at radius 2 is 1.63 bits per heavy atom. The average molecular weight is 581 g/mol. The Bertz CT molecular complexity index is 1390. The van der Waals surface area contributed by atoms with Crippen LogP contribution in [-0.4, -0.2) is 78.9 Å². The molecule has 2 bridgehead atoms. The number of carbonyl (C=O) groups excluding carboxylic acids is 2. The molecular weight excluding hydrogens is 540 g/mol. The molecule has 2 atom stereocenters. The molecule has 1 spiro atoms. The minimum Gasteiger partial charge on any atom is -0.450 e. The molecule has 220 valence electrons. The number of fused-ring (bicyclic) bond motifs is 4. The Kier molecular flexibility index (Phi) is 7.59. The van der Waals surface area contributed by atoms with Gasteiger partial charge in [-0.2, -0.15) is 4.31 Å². The van der Waals surface area contributed by atoms with Crippen LogP contribution in [0.5, 0.6) is 0 Å². The highest BCUT2D eigenvalue weighted by molar-refractivity contribution is 7.89. The van der Waals surface area contributed by atoms with Crippen LogP contribution in [0.4, 0.5) is 10.5 Å². The van der Waals surface area contributed by atoms with Crippen molar-refractivity contribution in [2.24, 2.45) is 0 Å². The third-order valence-corrected chi connectivity index (χ3v) is 11.5. The van der Waals surface area contributed by atoms with Crippen LogP contribution in [0.2, 0.25) is 0 Å². The number of ether oxygens (including phenoxy) is 1. The molecule has 41 heavy (non-hydrogen) atoms. The lowest BCUT2D eigenvalue weighted by atomic mass is 9.69. The van der Waals surface area contributed by atoms with Crippen molar-refractivity contribution in [2.75, 3.05) is 31.6 Å². The van der Waals surface area contributed by atoms with Gasteiger partial charge in [-0.05, 0) is 93.9 Å². The summed E-state index contributed by atoms with van der Waals surface area (Å²) in [7, 11) is -3.73. The summed E-state index contributed by atoms with van der Waals surface area (Å²) in [5.41, 5.74) is 2.70. The molecule has 2 unspecified atom stereocenters. The molecule has 3 fully saturated rings. The minimum atomic E-state index is -3.73. The smallest absolute Gasteiger partial charge is 0.410 e. The first-order valence-electron chi connectivity index (χ1n) is 14.9. The number of likely N-dealkylation sites (tertiary alicyclic amines) is 1. The summed E-state index contributed by atoms with van der Waals surface area (Å²) in [6.45, 7) is 6.33. The minimum absolute atomic E-state index is 0.166. The third kappa shape index (κ3) is 5.26. The van der Waals surface area contributed by atoms with Crippen molar-refractivity contribution < 1.29 is 22.7 Å². The van der Waals surface area contributed by atoms with Crippen LogP contribution in [0, 0.1) is 0 Å². The summed E-state index contributed by atoms with van der Waals surface area (Å²) in [5, 5.41) is 2.70. The highest BCUT2D eigenvalue weighted by Gasteiger charge is 2.49. The first-order valence-corrected chi connectivity index (χ1v) is 16.3. The number of sulfonamides is 1. The van der Waals surface area contributed by atoms with Gasteiger partial charge in [0.1, 0.15) is 0 Å². The number of anilines is 1. The third-order valence-electron chi connectivity index (χ3n) is 9.69. The van der Waals surface area contributed by atoms with Crippen LogP contribution in [-0.2, 0) is 31.5 Å². The van der Waals surface area contributed by atoms with E-state index in [0.717, 1.165) is 57.2 Å². The van der Waals surface area contributed by atoms with Gasteiger partial charge in [0.05, 0.1) is 11.5 Å². The number of carbonyl (C=O) groups is 2. The maximum absolute atomic E-state index is 13.9. The highest BCUT2D eigenvalue weighted by Crippen LogP contribution is 2.45. The van der Waals surface area contributed by atoms with Crippen molar-refractivity contribution in [2.45, 2.75) is 87.4 Å². The molecule has 10 heteroatoms. The monoisotopic (exact) mass is 580 g/mol. The Morgan fingerprint density at radius 3 is 2.27 bits per heavy atom. The highest BCUT2D eigenvalue weighted by atomic mass is 32.2. The maximum Gasteiger partial charge on any atom is 0.410 e. The van der Waals surface area contributed by atoms with Crippen molar-refractivity contribution >= 4 is 27.7 Å². The van der Waals surface area contributed by atoms with E-state index in [0.29, 0.717) is 31.4 Å². The zero-order valence-electron chi connectivity index (χ0n) is 23.9. The van der Waals surface area contributed by atoms with Crippen molar-refractivity contribution in [3.05, 3.63) is 59.7 Å². The van der Waals surface area contributed by atoms with E-state index in [1.165, 1.54) is 12.5 Å². The topological polar surface area (TPSA) is 99.3 Å². The molecule has 2 amide bonds. The van der Waals surface area contributed by atoms with E-state index in [9.17, 15) is 18.0 Å². The predicted octanol–water partition coefficient (Wildman–Crippen LogP) is 4.34. The summed E-state index contributed by atoms with van der Waals surface area (Å²) >= 11 is 0. The number of piperidine rings is 2. The summed E-state index contributed by atoms with van der Waals surface area (Å²) < 4.78 is 34.7. The molecule has 2 aromatic rings. The average Bonchev–Trinajstić information content (AvgIpc) is 3.23. The molecule has 3 saturated heterocycles. The van der Waals surface area contributed by atoms with Gasteiger partial charge in [-0.15, -0.1) is 0 Å². The van der Waals surface area contributed by atoms with Crippen LogP contribution in [0.15, 0.2) is 53.4 Å². The van der Waals surface area contributed by atoms with E-state index in [2.05, 4.69) is 28.4 Å². The lowest BCUT2D eigenvalue weighted by molar-refractivity contribution is -0.114. The van der Waals surface area contributed by atoms with Gasteiger partial charge >= 0.3 is 6.09 Å². The fourth-order valence-electron chi connectivity index (χ4n) is 7.76. The molecule has 0 aromatic heterocycles. The van der Waals surface area contributed by atoms with Gasteiger partial charge in [0.25, 0.3) is 0 Å². The number of amides is 2. The second-order valence-corrected chi connectivity index (χ2v) is 14.0. The van der Waals surface area contributed by atoms with Gasteiger partial charge in [0.15, 0.2) is 0 Å². The Labute approximate surface area is 242 Å². The molecule has 2 aromatic carbocycles. The molecular formula is C31H40N4O5S. The van der Waals surface area contributed by atoms with Crippen LogP contribution in [0.25, 0.3) is 0 Å². The van der Waals surface area contributed by atoms with Gasteiger partial charge in [-0.3, -0.25) is 4.79 Å². The van der Waals surface area contributed by atoms with Crippen molar-refractivity contribution in [1.82, 2.24) is 14.1 Å². The van der Waals surface area contributed by atoms with Gasteiger partial charge < -0.3 is 19.9 Å². The second kappa shape index (κ2) is 11.0. The second-order valence-electron chi connectivity index (χ2n) is 12.1. The first-order chi connectivity index (χ1) is 19.7. The van der Waals surface area contributed by atoms with Crippen LogP contribution in [0.1, 0.15) is 63.5 Å². The van der Waals surface area contributed by atoms with Gasteiger partial charge in [-0.1, -0.05) is 24.3 Å². The van der Waals surface area contributed by atoms with Gasteiger partial charge in [-0.25, -0.2) is 13.2 Å². The molecule has 0 radical (unpaired) electrons. The number of hydrogen-bond acceptors (Lipinski definition) is 6. The SMILES string of the molecule is CCOC(=O)N1C2CCC1CC(N1CCC3(CC1)CN(S(=O)(=O)c1ccc(NC(C)=O)cc1)Cc1ccccc13)C2. The molecule has 4 heterocycles. The summed E-state index contributed by atoms with van der Waals surface area (Å²) in [6.07, 6.45) is 5.67. The van der Waals surface area contributed by atoms with Crippen LogP contribution < -0.4 is 5.32 Å². The number of hydrogen-bond donors (Lipinski definition) is 1. The Hall–Kier alpha value is -2.95. The maximum atomic E-state index is 13.9. The van der Waals surface area contributed by atoms with Crippen LogP contribution in [0.3, 0.4) is 0 Å². The molecule has 9 nitrogen and oxygen atoms in total. The summed E-state index contributed by atoms with van der Waals surface area (Å²) in [4.78, 5) is 28.8. The summed E-state index contributed by atoms with van der Waals surface area (Å²) in [6, 6.07) is 15.7. The normalized spacial score (nSPS) is 26.0.